The number of carbonyl (C=O) groups is 4. The topological polar surface area (TPSA) is 237 Å². The highest BCUT2D eigenvalue weighted by atomic mass is 31.2. The maximum atomic E-state index is 13.1. The zero-order valence-corrected chi connectivity index (χ0v) is 66.2. The molecule has 104 heavy (non-hydrogen) atoms. The van der Waals surface area contributed by atoms with Crippen molar-refractivity contribution in [3.05, 3.63) is 170 Å². The van der Waals surface area contributed by atoms with Gasteiger partial charge in [0.15, 0.2) is 12.2 Å². The van der Waals surface area contributed by atoms with Crippen LogP contribution in [0, 0.1) is 0 Å². The van der Waals surface area contributed by atoms with Crippen LogP contribution in [0.15, 0.2) is 170 Å². The van der Waals surface area contributed by atoms with E-state index < -0.39 is 97.5 Å². The fourth-order valence-electron chi connectivity index (χ4n) is 9.80. The smallest absolute Gasteiger partial charge is 0.462 e. The molecule has 0 rings (SSSR count). The standard InChI is InChI=1S/C85H138O17P2/c1-5-9-13-17-21-25-29-33-37-39-43-45-49-53-57-61-65-69-82(87)95-75-80(101-84(89)71-67-63-59-55-51-47-41-35-31-27-23-19-15-11-7-3)77-99-103(91,92)97-73-79(86)74-98-104(93,94)100-78-81(102-85(90)72-68-64-60-56-52-48-42-36-32-28-24-20-16-12-8-4)76-96-83(88)70-66-62-58-54-50-46-44-40-38-34-30-26-22-18-14-10-6-2/h9-11,13-15,21-28,33-38,41-43,45,51,55,63,67,79-81,86H,5-8,12,16-20,29-32,39-40,44,46-50,52-54,56-62,64-66,68-78H2,1-4H3,(H,91,92)(H,93,94)/b13-9-,14-10-,15-11-,25-21-,26-22-,27-23-,28-24-,37-33-,38-34-,41-35-,42-36-,45-43-,55-51-,67-63-. The lowest BCUT2D eigenvalue weighted by Gasteiger charge is -2.21. The third kappa shape index (κ3) is 74.7. The summed E-state index contributed by atoms with van der Waals surface area (Å²) in [6.07, 6.45) is 89.4. The second kappa shape index (κ2) is 75.6. The van der Waals surface area contributed by atoms with E-state index in [1.807, 2.05) is 12.2 Å². The van der Waals surface area contributed by atoms with Crippen LogP contribution < -0.4 is 0 Å². The van der Waals surface area contributed by atoms with Crippen LogP contribution in [0.2, 0.25) is 0 Å². The molecule has 5 atom stereocenters. The van der Waals surface area contributed by atoms with Gasteiger partial charge in [-0.25, -0.2) is 9.13 Å². The number of esters is 4. The molecule has 0 aliphatic carbocycles. The van der Waals surface area contributed by atoms with E-state index in [0.717, 1.165) is 186 Å². The number of ether oxygens (including phenoxy) is 4. The van der Waals surface area contributed by atoms with E-state index in [4.69, 9.17) is 37.0 Å². The minimum absolute atomic E-state index is 0.0684. The number of rotatable bonds is 72. The first-order valence-corrected chi connectivity index (χ1v) is 42.4. The van der Waals surface area contributed by atoms with Gasteiger partial charge < -0.3 is 33.8 Å². The number of unbranched alkanes of at least 4 members (excludes halogenated alkanes) is 19. The molecule has 0 aromatic heterocycles. The molecule has 0 fully saturated rings. The molecule has 19 heteroatoms. The molecule has 0 aliphatic rings. The molecule has 0 aliphatic heterocycles. The summed E-state index contributed by atoms with van der Waals surface area (Å²) in [5.41, 5.74) is 0. The van der Waals surface area contributed by atoms with Crippen molar-refractivity contribution in [2.24, 2.45) is 0 Å². The minimum atomic E-state index is -5.02. The van der Waals surface area contributed by atoms with Crippen molar-refractivity contribution in [3.8, 4) is 0 Å². The molecule has 0 aromatic carbocycles. The van der Waals surface area contributed by atoms with Gasteiger partial charge in [0.1, 0.15) is 19.3 Å². The zero-order chi connectivity index (χ0) is 76.0. The Morgan fingerprint density at radius 1 is 0.288 bits per heavy atom. The Morgan fingerprint density at radius 3 is 0.856 bits per heavy atom. The third-order valence-corrected chi connectivity index (χ3v) is 17.6. The van der Waals surface area contributed by atoms with Gasteiger partial charge in [0, 0.05) is 19.3 Å². The summed E-state index contributed by atoms with van der Waals surface area (Å²) in [5, 5.41) is 10.6. The van der Waals surface area contributed by atoms with Gasteiger partial charge in [-0.3, -0.25) is 37.3 Å². The molecule has 0 spiro atoms. The molecule has 5 unspecified atom stereocenters. The largest absolute Gasteiger partial charge is 0.472 e. The summed E-state index contributed by atoms with van der Waals surface area (Å²) in [7, 11) is -10.0. The van der Waals surface area contributed by atoms with E-state index in [2.05, 4.69) is 174 Å². The monoisotopic (exact) mass is 1490 g/mol. The first-order valence-electron chi connectivity index (χ1n) is 39.4. The van der Waals surface area contributed by atoms with Gasteiger partial charge in [0.2, 0.25) is 0 Å². The average Bonchev–Trinajstić information content (AvgIpc) is 1.21. The number of aliphatic hydroxyl groups excluding tert-OH is 1. The first kappa shape index (κ1) is 98.4. The average molecular weight is 1490 g/mol. The lowest BCUT2D eigenvalue weighted by Crippen LogP contribution is -2.30. The number of carbonyl (C=O) groups excluding carboxylic acids is 4. The number of allylic oxidation sites excluding steroid dienone is 27. The fraction of sp³-hybridized carbons (Fsp3) is 0.624. The lowest BCUT2D eigenvalue weighted by atomic mass is 10.1. The Bertz CT molecular complexity index is 2640. The highest BCUT2D eigenvalue weighted by Gasteiger charge is 2.30. The Kier molecular flexibility index (Phi) is 71.6. The van der Waals surface area contributed by atoms with Crippen molar-refractivity contribution in [2.45, 2.75) is 303 Å². The van der Waals surface area contributed by atoms with Gasteiger partial charge in [-0.15, -0.1) is 0 Å². The predicted octanol–water partition coefficient (Wildman–Crippen LogP) is 23.0. The third-order valence-electron chi connectivity index (χ3n) is 15.7. The zero-order valence-electron chi connectivity index (χ0n) is 64.4. The van der Waals surface area contributed by atoms with E-state index in [-0.39, 0.29) is 25.7 Å². The van der Waals surface area contributed by atoms with Crippen molar-refractivity contribution in [1.29, 1.82) is 0 Å². The summed E-state index contributed by atoms with van der Waals surface area (Å²) in [5.74, 6) is -2.39. The first-order chi connectivity index (χ1) is 50.7. The van der Waals surface area contributed by atoms with Crippen molar-refractivity contribution in [2.75, 3.05) is 39.6 Å². The van der Waals surface area contributed by atoms with Crippen molar-refractivity contribution in [3.63, 3.8) is 0 Å². The summed E-state index contributed by atoms with van der Waals surface area (Å²) in [6, 6.07) is 0. The van der Waals surface area contributed by atoms with E-state index in [1.165, 1.54) is 19.3 Å². The van der Waals surface area contributed by atoms with Gasteiger partial charge in [-0.2, -0.15) is 0 Å². The molecule has 0 bridgehead atoms. The highest BCUT2D eigenvalue weighted by Crippen LogP contribution is 2.45. The normalized spacial score (nSPS) is 14.8. The maximum Gasteiger partial charge on any atom is 0.472 e. The molecule has 17 nitrogen and oxygen atoms in total. The van der Waals surface area contributed by atoms with E-state index in [9.17, 15) is 43.2 Å². The summed E-state index contributed by atoms with van der Waals surface area (Å²) < 4.78 is 68.4. The SMILES string of the molecule is CC/C=C\C/C=C\C/C=C\C/C=C\C/C=C\CC(=O)OC(COC(=O)CCCCCC/C=C\C/C=C\C/C=C\C/C=C\CC)COP(=O)(O)OCC(O)COP(=O)(O)OCC(COC(=O)CCCCCCCCC/C=C\C/C=C\C/C=C\CC)OC(=O)CCCCCCC/C=C\C/C=C\CCCCC. The Hall–Kier alpha value is -5.58. The van der Waals surface area contributed by atoms with Gasteiger partial charge in [0.05, 0.1) is 32.8 Å². The number of phosphoric acid groups is 2. The lowest BCUT2D eigenvalue weighted by molar-refractivity contribution is -0.161. The molecule has 0 radical (unpaired) electrons. The maximum absolute atomic E-state index is 13.1. The predicted molar refractivity (Wildman–Crippen MR) is 426 cm³/mol. The van der Waals surface area contributed by atoms with Crippen LogP contribution in [0.3, 0.4) is 0 Å². The quantitative estimate of drug-likeness (QED) is 0.0169. The van der Waals surface area contributed by atoms with Gasteiger partial charge in [-0.05, 0) is 154 Å². The molecule has 590 valence electrons. The Balaban J connectivity index is 5.48. The molecule has 0 saturated carbocycles. The van der Waals surface area contributed by atoms with Gasteiger partial charge >= 0.3 is 39.5 Å². The number of hydrogen-bond donors (Lipinski definition) is 3. The van der Waals surface area contributed by atoms with Crippen molar-refractivity contribution < 1.29 is 80.2 Å². The number of phosphoric ester groups is 2. The van der Waals surface area contributed by atoms with Crippen LogP contribution in [0.5, 0.6) is 0 Å². The van der Waals surface area contributed by atoms with Crippen LogP contribution in [-0.2, 0) is 65.4 Å². The van der Waals surface area contributed by atoms with Crippen LogP contribution in [-0.4, -0.2) is 96.7 Å². The van der Waals surface area contributed by atoms with Crippen LogP contribution in [0.25, 0.3) is 0 Å². The van der Waals surface area contributed by atoms with E-state index in [1.54, 1.807) is 12.2 Å². The van der Waals surface area contributed by atoms with Crippen molar-refractivity contribution >= 4 is 39.5 Å². The summed E-state index contributed by atoms with van der Waals surface area (Å²) in [6.45, 7) is 4.32. The second-order valence-corrected chi connectivity index (χ2v) is 28.4. The van der Waals surface area contributed by atoms with Crippen LogP contribution >= 0.6 is 15.6 Å². The summed E-state index contributed by atoms with van der Waals surface area (Å²) in [4.78, 5) is 72.9. The molecule has 0 saturated heterocycles. The highest BCUT2D eigenvalue weighted by molar-refractivity contribution is 7.47. The van der Waals surface area contributed by atoms with E-state index >= 15 is 0 Å². The van der Waals surface area contributed by atoms with Gasteiger partial charge in [-0.1, -0.05) is 275 Å². The molecule has 0 amide bonds. The molecular weight excluding hydrogens is 1350 g/mol. The minimum Gasteiger partial charge on any atom is -0.462 e. The molecule has 0 aromatic rings. The van der Waals surface area contributed by atoms with E-state index in [0.29, 0.717) is 25.7 Å². The number of aliphatic hydroxyl groups is 1. The Labute approximate surface area is 629 Å². The second-order valence-electron chi connectivity index (χ2n) is 25.5. The van der Waals surface area contributed by atoms with Crippen molar-refractivity contribution in [1.82, 2.24) is 0 Å². The van der Waals surface area contributed by atoms with Crippen LogP contribution in [0.4, 0.5) is 0 Å². The molecule has 0 heterocycles. The summed E-state index contributed by atoms with van der Waals surface area (Å²) >= 11 is 0. The Morgan fingerprint density at radius 2 is 0.538 bits per heavy atom. The number of hydrogen-bond acceptors (Lipinski definition) is 15. The van der Waals surface area contributed by atoms with Crippen LogP contribution in [0.1, 0.15) is 285 Å². The van der Waals surface area contributed by atoms with Gasteiger partial charge in [0.25, 0.3) is 0 Å². The molecule has 3 N–H and O–H groups in total. The molecular formula is C85H138O17P2. The fourth-order valence-corrected chi connectivity index (χ4v) is 11.4.